The Balaban J connectivity index is 0.000000326. The van der Waals surface area contributed by atoms with E-state index in [-0.39, 0.29) is 0 Å². The Morgan fingerprint density at radius 3 is 2.16 bits per heavy atom. The summed E-state index contributed by atoms with van der Waals surface area (Å²) in [5.41, 5.74) is 10.8. The summed E-state index contributed by atoms with van der Waals surface area (Å²) in [5, 5.41) is 15.9. The van der Waals surface area contributed by atoms with Gasteiger partial charge in [-0.25, -0.2) is 4.98 Å². The van der Waals surface area contributed by atoms with Crippen molar-refractivity contribution in [3.05, 3.63) is 65.4 Å². The molecule has 38 heavy (non-hydrogen) atoms. The lowest BCUT2D eigenvalue weighted by Gasteiger charge is -2.36. The predicted octanol–water partition coefficient (Wildman–Crippen LogP) is 6.78. The third kappa shape index (κ3) is 10.5. The van der Waals surface area contributed by atoms with Crippen molar-refractivity contribution in [2.45, 2.75) is 74.1 Å². The Labute approximate surface area is 231 Å². The van der Waals surface area contributed by atoms with Crippen LogP contribution < -0.4 is 10.6 Å². The molecule has 0 saturated carbocycles. The Hall–Kier alpha value is -3.37. The summed E-state index contributed by atoms with van der Waals surface area (Å²) in [6, 6.07) is 10.0. The number of piperazine rings is 1. The molecule has 0 radical (unpaired) electrons. The van der Waals surface area contributed by atoms with E-state index in [1.165, 1.54) is 25.1 Å². The number of anilines is 1. The molecule has 3 N–H and O–H groups in total. The van der Waals surface area contributed by atoms with Gasteiger partial charge in [-0.1, -0.05) is 66.2 Å². The summed E-state index contributed by atoms with van der Waals surface area (Å²) in [4.78, 5) is 9.38. The largest absolute Gasteiger partial charge is 0.402 e. The fraction of sp³-hybridized carbons (Fsp3) is 0.516. The van der Waals surface area contributed by atoms with Crippen molar-refractivity contribution in [2.24, 2.45) is 5.73 Å². The molecule has 1 aliphatic carbocycles. The fourth-order valence-electron chi connectivity index (χ4n) is 4.08. The summed E-state index contributed by atoms with van der Waals surface area (Å²) in [5.74, 6) is 1.55. The average Bonchev–Trinajstić information content (AvgIpc) is 3.65. The van der Waals surface area contributed by atoms with Crippen molar-refractivity contribution in [2.75, 3.05) is 37.6 Å². The van der Waals surface area contributed by atoms with Crippen molar-refractivity contribution < 1.29 is 0 Å². The van der Waals surface area contributed by atoms with Gasteiger partial charge in [0.25, 0.3) is 0 Å². The average molecular weight is 520 g/mol. The van der Waals surface area contributed by atoms with Crippen LogP contribution in [0.3, 0.4) is 0 Å². The smallest absolute Gasteiger partial charge is 0.177 e. The second kappa shape index (κ2) is 18.8. The van der Waals surface area contributed by atoms with E-state index < -0.39 is 0 Å². The Morgan fingerprint density at radius 2 is 1.68 bits per heavy atom. The monoisotopic (exact) mass is 519 g/mol. The van der Waals surface area contributed by atoms with E-state index in [0.29, 0.717) is 0 Å². The first kappa shape index (κ1) is 32.7. The maximum atomic E-state index is 8.76. The molecule has 1 aromatic heterocycles. The highest BCUT2D eigenvalue weighted by Crippen LogP contribution is 2.22. The van der Waals surface area contributed by atoms with Gasteiger partial charge in [0.2, 0.25) is 0 Å². The molecule has 2 heterocycles. The van der Waals surface area contributed by atoms with E-state index in [2.05, 4.69) is 64.8 Å². The van der Waals surface area contributed by atoms with Gasteiger partial charge in [0.05, 0.1) is 11.6 Å². The zero-order valence-corrected chi connectivity index (χ0v) is 24.7. The summed E-state index contributed by atoms with van der Waals surface area (Å²) < 4.78 is 0. The minimum atomic E-state index is 0.735. The SMILES string of the molecule is CC.CC/C(=C(\C)N)c1nc(C2=CC=CC2)n[nH]1.CCC.CCCN1CCN(c2ccc(C#N)cc2)CC1. The number of nitriles is 1. The summed E-state index contributed by atoms with van der Waals surface area (Å²) in [7, 11) is 0. The molecule has 0 bridgehead atoms. The van der Waals surface area contributed by atoms with E-state index >= 15 is 0 Å². The summed E-state index contributed by atoms with van der Waals surface area (Å²) in [6.45, 7) is 20.1. The minimum Gasteiger partial charge on any atom is -0.402 e. The molecular formula is C31H49N7. The van der Waals surface area contributed by atoms with Gasteiger partial charge in [-0.05, 0) is 57.0 Å². The molecule has 7 heteroatoms. The van der Waals surface area contributed by atoms with Crippen molar-refractivity contribution in [3.63, 3.8) is 0 Å². The first-order valence-electron chi connectivity index (χ1n) is 14.2. The Kier molecular flexibility index (Phi) is 16.2. The maximum Gasteiger partial charge on any atom is 0.177 e. The number of benzene rings is 1. The summed E-state index contributed by atoms with van der Waals surface area (Å²) in [6.07, 6.45) is 10.4. The molecule has 1 aliphatic heterocycles. The highest BCUT2D eigenvalue weighted by atomic mass is 15.3. The van der Waals surface area contributed by atoms with Crippen LogP contribution in [0.4, 0.5) is 5.69 Å². The molecule has 1 saturated heterocycles. The number of nitrogens with one attached hydrogen (secondary N) is 1. The second-order valence-electron chi connectivity index (χ2n) is 9.04. The van der Waals surface area contributed by atoms with Gasteiger partial charge in [0.15, 0.2) is 11.6 Å². The lowest BCUT2D eigenvalue weighted by atomic mass is 10.1. The Bertz CT molecular complexity index is 1040. The zero-order valence-electron chi connectivity index (χ0n) is 24.7. The molecule has 0 amide bonds. The fourth-order valence-corrected chi connectivity index (χ4v) is 4.08. The van der Waals surface area contributed by atoms with Crippen molar-refractivity contribution in [1.29, 1.82) is 5.26 Å². The standard InChI is InChI=1S/C14H19N3.C12H16N4.C3H8.C2H6/c1-2-7-16-8-10-17(11-9-16)14-5-3-13(12-15)4-6-14;1-3-10(8(2)13)12-14-11(15-16-12)9-6-4-5-7-9;1-3-2;1-2/h3-6H,2,7-11H2,1H3;4-6H,3,7,13H2,1-2H3,(H,14,15,16);3H2,1-2H3;1-2H3/b;10-8-;;. The quantitative estimate of drug-likeness (QED) is 0.436. The molecule has 0 atom stereocenters. The molecule has 0 spiro atoms. The normalized spacial score (nSPS) is 15.0. The van der Waals surface area contributed by atoms with Gasteiger partial charge in [0, 0.05) is 48.7 Å². The van der Waals surface area contributed by atoms with Crippen molar-refractivity contribution in [3.8, 4) is 6.07 Å². The van der Waals surface area contributed by atoms with E-state index in [1.807, 2.05) is 57.2 Å². The number of aromatic nitrogens is 3. The molecular weight excluding hydrogens is 470 g/mol. The molecule has 1 aromatic carbocycles. The molecule has 208 valence electrons. The van der Waals surface area contributed by atoms with Crippen LogP contribution in [0.25, 0.3) is 11.1 Å². The first-order valence-corrected chi connectivity index (χ1v) is 14.2. The number of H-pyrrole nitrogens is 1. The third-order valence-electron chi connectivity index (χ3n) is 5.93. The molecule has 4 rings (SSSR count). The van der Waals surface area contributed by atoms with Gasteiger partial charge in [-0.15, -0.1) is 0 Å². The minimum absolute atomic E-state index is 0.735. The summed E-state index contributed by atoms with van der Waals surface area (Å²) >= 11 is 0. The lowest BCUT2D eigenvalue weighted by Crippen LogP contribution is -2.46. The van der Waals surface area contributed by atoms with Crippen LogP contribution in [0.2, 0.25) is 0 Å². The van der Waals surface area contributed by atoms with Gasteiger partial charge in [-0.3, -0.25) is 10.00 Å². The number of nitrogens with two attached hydrogens (primary N) is 1. The topological polar surface area (TPSA) is 97.9 Å². The zero-order chi connectivity index (χ0) is 28.3. The highest BCUT2D eigenvalue weighted by molar-refractivity contribution is 5.68. The number of nitrogens with zero attached hydrogens (tertiary/aromatic N) is 5. The molecule has 1 fully saturated rings. The molecule has 2 aromatic rings. The molecule has 7 nitrogen and oxygen atoms in total. The van der Waals surface area contributed by atoms with Crippen LogP contribution in [0.1, 0.15) is 91.4 Å². The van der Waals surface area contributed by atoms with Gasteiger partial charge in [0.1, 0.15) is 0 Å². The first-order chi connectivity index (χ1) is 18.5. The third-order valence-corrected chi connectivity index (χ3v) is 5.93. The van der Waals surface area contributed by atoms with E-state index in [1.54, 1.807) is 0 Å². The van der Waals surface area contributed by atoms with Crippen LogP contribution in [0, 0.1) is 11.3 Å². The maximum absolute atomic E-state index is 8.76. The molecule has 2 aliphatic rings. The number of hydrogen-bond acceptors (Lipinski definition) is 6. The number of allylic oxidation sites excluding steroid dienone is 6. The number of rotatable bonds is 6. The van der Waals surface area contributed by atoms with Gasteiger partial charge >= 0.3 is 0 Å². The van der Waals surface area contributed by atoms with Crippen molar-refractivity contribution >= 4 is 16.8 Å². The van der Waals surface area contributed by atoms with E-state index in [0.717, 1.165) is 73.1 Å². The highest BCUT2D eigenvalue weighted by Gasteiger charge is 2.16. The van der Waals surface area contributed by atoms with E-state index in [9.17, 15) is 0 Å². The van der Waals surface area contributed by atoms with Crippen LogP contribution in [0.5, 0.6) is 0 Å². The second-order valence-corrected chi connectivity index (χ2v) is 9.04. The van der Waals surface area contributed by atoms with Gasteiger partial charge < -0.3 is 10.6 Å². The number of aromatic amines is 1. The molecule has 0 unspecified atom stereocenters. The van der Waals surface area contributed by atoms with Crippen LogP contribution in [0.15, 0.2) is 48.2 Å². The van der Waals surface area contributed by atoms with Crippen LogP contribution >= 0.6 is 0 Å². The van der Waals surface area contributed by atoms with E-state index in [4.69, 9.17) is 11.0 Å². The van der Waals surface area contributed by atoms with Crippen molar-refractivity contribution in [1.82, 2.24) is 20.1 Å². The van der Waals surface area contributed by atoms with Crippen LogP contribution in [-0.2, 0) is 0 Å². The van der Waals surface area contributed by atoms with Gasteiger partial charge in [-0.2, -0.15) is 10.4 Å². The lowest BCUT2D eigenvalue weighted by molar-refractivity contribution is 0.258. The van der Waals surface area contributed by atoms with Crippen LogP contribution in [-0.4, -0.2) is 52.8 Å². The Morgan fingerprint density at radius 1 is 1.05 bits per heavy atom. The number of hydrogen-bond donors (Lipinski definition) is 2. The predicted molar refractivity (Wildman–Crippen MR) is 163 cm³/mol.